The lowest BCUT2D eigenvalue weighted by atomic mass is 9.49. The second-order valence-electron chi connectivity index (χ2n) is 7.71. The smallest absolute Gasteiger partial charge is 0.109 e. The monoisotopic (exact) mass is 273 g/mol. The first-order valence-electron chi connectivity index (χ1n) is 8.44. The van der Waals surface area contributed by atoms with Crippen LogP contribution in [0.3, 0.4) is 0 Å². The molecule has 110 valence electrons. The van der Waals surface area contributed by atoms with E-state index in [9.17, 15) is 0 Å². The number of nitrogens with zero attached hydrogens (tertiary/aromatic N) is 2. The second kappa shape index (κ2) is 4.59. The van der Waals surface area contributed by atoms with Gasteiger partial charge in [-0.05, 0) is 68.6 Å². The number of hydrogen-bond acceptors (Lipinski definition) is 2. The molecule has 3 heteroatoms. The zero-order chi connectivity index (χ0) is 13.7. The minimum absolute atomic E-state index is 0.582. The summed E-state index contributed by atoms with van der Waals surface area (Å²) >= 11 is 0. The van der Waals surface area contributed by atoms with Crippen molar-refractivity contribution in [1.29, 1.82) is 0 Å². The Bertz CT molecular complexity index is 467. The van der Waals surface area contributed by atoms with Gasteiger partial charge in [0.1, 0.15) is 5.82 Å². The van der Waals surface area contributed by atoms with Crippen LogP contribution in [0.4, 0.5) is 0 Å². The Hall–Kier alpha value is -0.830. The Morgan fingerprint density at radius 2 is 1.80 bits per heavy atom. The number of aromatic nitrogens is 2. The molecule has 0 unspecified atom stereocenters. The zero-order valence-electron chi connectivity index (χ0n) is 12.6. The van der Waals surface area contributed by atoms with Gasteiger partial charge in [0.2, 0.25) is 0 Å². The Labute approximate surface area is 122 Å². The predicted octanol–water partition coefficient (Wildman–Crippen LogP) is 3.12. The van der Waals surface area contributed by atoms with E-state index in [1.807, 2.05) is 6.20 Å². The summed E-state index contributed by atoms with van der Waals surface area (Å²) in [6, 6.07) is 0. The predicted molar refractivity (Wildman–Crippen MR) is 80.1 cm³/mol. The maximum absolute atomic E-state index is 5.84. The molecule has 0 saturated heterocycles. The van der Waals surface area contributed by atoms with Crippen molar-refractivity contribution < 1.29 is 0 Å². The summed E-state index contributed by atoms with van der Waals surface area (Å²) in [6.45, 7) is 3.83. The van der Waals surface area contributed by atoms with E-state index in [4.69, 9.17) is 10.7 Å². The number of hydrogen-bond donors (Lipinski definition) is 1. The first-order valence-corrected chi connectivity index (χ1v) is 8.44. The van der Waals surface area contributed by atoms with Crippen molar-refractivity contribution in [3.8, 4) is 0 Å². The molecule has 3 nitrogen and oxygen atoms in total. The summed E-state index contributed by atoms with van der Waals surface area (Å²) in [5, 5.41) is 0. The van der Waals surface area contributed by atoms with E-state index < -0.39 is 0 Å². The van der Waals surface area contributed by atoms with Crippen LogP contribution in [0.1, 0.15) is 57.0 Å². The van der Waals surface area contributed by atoms with Crippen LogP contribution < -0.4 is 5.73 Å². The van der Waals surface area contributed by atoms with Crippen LogP contribution in [0.2, 0.25) is 0 Å². The van der Waals surface area contributed by atoms with Gasteiger partial charge in [-0.15, -0.1) is 0 Å². The number of imidazole rings is 1. The van der Waals surface area contributed by atoms with Gasteiger partial charge in [0, 0.05) is 25.7 Å². The topological polar surface area (TPSA) is 43.8 Å². The van der Waals surface area contributed by atoms with Gasteiger partial charge in [-0.25, -0.2) is 4.98 Å². The largest absolute Gasteiger partial charge is 0.331 e. The van der Waals surface area contributed by atoms with Gasteiger partial charge >= 0.3 is 0 Å². The first-order chi connectivity index (χ1) is 9.71. The molecule has 0 spiro atoms. The number of rotatable bonds is 4. The fourth-order valence-electron chi connectivity index (χ4n) is 5.99. The lowest BCUT2D eigenvalue weighted by Gasteiger charge is -2.56. The SMILES string of the molecule is CCn1c(CN)cnc1CC12CC3CC(CC(C3)C1)C2. The normalized spacial score (nSPS) is 38.6. The minimum atomic E-state index is 0.582. The Balaban J connectivity index is 1.61. The van der Waals surface area contributed by atoms with E-state index in [-0.39, 0.29) is 0 Å². The van der Waals surface area contributed by atoms with Crippen LogP contribution in [0.25, 0.3) is 0 Å². The summed E-state index contributed by atoms with van der Waals surface area (Å²) in [4.78, 5) is 4.72. The maximum Gasteiger partial charge on any atom is 0.109 e. The fourth-order valence-corrected chi connectivity index (χ4v) is 5.99. The van der Waals surface area contributed by atoms with Crippen LogP contribution in [0.15, 0.2) is 6.20 Å². The van der Waals surface area contributed by atoms with E-state index >= 15 is 0 Å². The molecule has 0 aliphatic heterocycles. The zero-order valence-corrected chi connectivity index (χ0v) is 12.6. The van der Waals surface area contributed by atoms with Crippen molar-refractivity contribution in [2.24, 2.45) is 28.9 Å². The van der Waals surface area contributed by atoms with Crippen molar-refractivity contribution in [2.75, 3.05) is 0 Å². The average molecular weight is 273 g/mol. The molecule has 1 aromatic heterocycles. The Morgan fingerprint density at radius 1 is 1.20 bits per heavy atom. The van der Waals surface area contributed by atoms with Gasteiger partial charge in [-0.3, -0.25) is 0 Å². The quantitative estimate of drug-likeness (QED) is 0.916. The molecule has 20 heavy (non-hydrogen) atoms. The minimum Gasteiger partial charge on any atom is -0.331 e. The van der Waals surface area contributed by atoms with Crippen molar-refractivity contribution in [2.45, 2.75) is 65.0 Å². The maximum atomic E-state index is 5.84. The molecule has 1 aromatic rings. The molecule has 2 N–H and O–H groups in total. The average Bonchev–Trinajstić information content (AvgIpc) is 2.78. The van der Waals surface area contributed by atoms with Crippen molar-refractivity contribution in [3.63, 3.8) is 0 Å². The number of nitrogens with two attached hydrogens (primary N) is 1. The van der Waals surface area contributed by atoms with Crippen LogP contribution in [0, 0.1) is 23.2 Å². The highest BCUT2D eigenvalue weighted by Gasteiger charge is 2.51. The molecule has 0 aromatic carbocycles. The Kier molecular flexibility index (Phi) is 2.95. The molecular weight excluding hydrogens is 246 g/mol. The highest BCUT2D eigenvalue weighted by Crippen LogP contribution is 2.60. The van der Waals surface area contributed by atoms with Gasteiger partial charge in [0.05, 0.1) is 5.69 Å². The molecule has 4 fully saturated rings. The summed E-state index contributed by atoms with van der Waals surface area (Å²) in [7, 11) is 0. The molecule has 4 aliphatic rings. The molecule has 4 bridgehead atoms. The third kappa shape index (κ3) is 1.93. The molecule has 4 aliphatic carbocycles. The van der Waals surface area contributed by atoms with Gasteiger partial charge in [0.25, 0.3) is 0 Å². The summed E-state index contributed by atoms with van der Waals surface area (Å²) in [5.41, 5.74) is 7.62. The molecule has 1 heterocycles. The highest BCUT2D eigenvalue weighted by molar-refractivity contribution is 5.11. The second-order valence-corrected chi connectivity index (χ2v) is 7.71. The lowest BCUT2D eigenvalue weighted by molar-refractivity contribution is -0.0535. The van der Waals surface area contributed by atoms with Crippen LogP contribution in [-0.2, 0) is 19.5 Å². The first kappa shape index (κ1) is 12.9. The van der Waals surface area contributed by atoms with Crippen molar-refractivity contribution in [1.82, 2.24) is 9.55 Å². The van der Waals surface area contributed by atoms with E-state index in [2.05, 4.69) is 11.5 Å². The van der Waals surface area contributed by atoms with E-state index in [1.54, 1.807) is 0 Å². The summed E-state index contributed by atoms with van der Waals surface area (Å²) < 4.78 is 2.36. The highest BCUT2D eigenvalue weighted by atomic mass is 15.1. The molecular formula is C17H27N3. The Morgan fingerprint density at radius 3 is 2.30 bits per heavy atom. The van der Waals surface area contributed by atoms with E-state index in [0.717, 1.165) is 24.3 Å². The molecule has 5 rings (SSSR count). The standard InChI is InChI=1S/C17H27N3/c1-2-20-15(10-18)11-19-16(20)9-17-6-12-3-13(7-17)5-14(4-12)8-17/h11-14H,2-10,18H2,1H3. The van der Waals surface area contributed by atoms with E-state index in [1.165, 1.54) is 56.5 Å². The third-order valence-corrected chi connectivity index (χ3v) is 6.24. The van der Waals surface area contributed by atoms with Gasteiger partial charge < -0.3 is 10.3 Å². The van der Waals surface area contributed by atoms with Gasteiger partial charge in [-0.1, -0.05) is 0 Å². The van der Waals surface area contributed by atoms with Crippen molar-refractivity contribution >= 4 is 0 Å². The lowest BCUT2D eigenvalue weighted by Crippen LogP contribution is -2.47. The third-order valence-electron chi connectivity index (χ3n) is 6.24. The van der Waals surface area contributed by atoms with Gasteiger partial charge in [-0.2, -0.15) is 0 Å². The van der Waals surface area contributed by atoms with Crippen LogP contribution >= 0.6 is 0 Å². The fraction of sp³-hybridized carbons (Fsp3) is 0.824. The van der Waals surface area contributed by atoms with Crippen molar-refractivity contribution in [3.05, 3.63) is 17.7 Å². The van der Waals surface area contributed by atoms with Crippen LogP contribution in [-0.4, -0.2) is 9.55 Å². The summed E-state index contributed by atoms with van der Waals surface area (Å²) in [5.74, 6) is 4.38. The van der Waals surface area contributed by atoms with E-state index in [0.29, 0.717) is 12.0 Å². The summed E-state index contributed by atoms with van der Waals surface area (Å²) in [6.07, 6.45) is 12.2. The molecule has 0 amide bonds. The molecule has 4 saturated carbocycles. The molecule has 0 radical (unpaired) electrons. The molecule has 0 atom stereocenters. The van der Waals surface area contributed by atoms with Gasteiger partial charge in [0.15, 0.2) is 0 Å². The van der Waals surface area contributed by atoms with Crippen LogP contribution in [0.5, 0.6) is 0 Å².